The van der Waals surface area contributed by atoms with Crippen LogP contribution in [0.25, 0.3) is 21.2 Å². The zero-order chi connectivity index (χ0) is 30.7. The van der Waals surface area contributed by atoms with Crippen LogP contribution in [0.5, 0.6) is 5.75 Å². The predicted octanol–water partition coefficient (Wildman–Crippen LogP) is 3.35. The van der Waals surface area contributed by atoms with Crippen LogP contribution in [-0.2, 0) is 23.4 Å². The number of esters is 1. The number of hydrogen-bond acceptors (Lipinski definition) is 11. The summed E-state index contributed by atoms with van der Waals surface area (Å²) in [5.74, 6) is -0.852. The Labute approximate surface area is 238 Å². The summed E-state index contributed by atoms with van der Waals surface area (Å²) >= 11 is 0. The van der Waals surface area contributed by atoms with Crippen LogP contribution in [0.4, 0.5) is 10.2 Å². The third kappa shape index (κ3) is 6.71. The number of anilines is 1. The van der Waals surface area contributed by atoms with Gasteiger partial charge in [-0.25, -0.2) is 13.8 Å². The average molecular weight is 606 g/mol. The fourth-order valence-corrected chi connectivity index (χ4v) is 5.65. The van der Waals surface area contributed by atoms with Crippen LogP contribution in [0.2, 0.25) is 0 Å². The second-order valence-corrected chi connectivity index (χ2v) is 11.4. The van der Waals surface area contributed by atoms with Crippen molar-refractivity contribution < 1.29 is 37.4 Å². The Hall–Kier alpha value is -4.04. The van der Waals surface area contributed by atoms with Gasteiger partial charge in [0.15, 0.2) is 12.4 Å². The number of aliphatic hydroxyl groups excluding tert-OH is 1. The van der Waals surface area contributed by atoms with Gasteiger partial charge in [-0.1, -0.05) is 35.4 Å². The van der Waals surface area contributed by atoms with E-state index in [1.807, 2.05) is 12.1 Å². The summed E-state index contributed by atoms with van der Waals surface area (Å²) in [6.07, 6.45) is -5.73. The molecule has 17 heteroatoms. The molecule has 0 spiro atoms. The number of aromatic nitrogens is 2. The molecule has 0 saturated carbocycles. The minimum Gasteiger partial charge on any atom is -0.462 e. The lowest BCUT2D eigenvalue weighted by atomic mass is 10.1. The third-order valence-electron chi connectivity index (χ3n) is 6.15. The first kappa shape index (κ1) is 30.9. The number of azide groups is 1. The van der Waals surface area contributed by atoms with Gasteiger partial charge in [-0.3, -0.25) is 13.9 Å². The Bertz CT molecular complexity index is 1620. The molecule has 0 aliphatic carbocycles. The first-order valence-electron chi connectivity index (χ1n) is 12.7. The summed E-state index contributed by atoms with van der Waals surface area (Å²) in [6, 6.07) is 12.0. The van der Waals surface area contributed by atoms with Crippen molar-refractivity contribution in [1.29, 1.82) is 0 Å². The largest absolute Gasteiger partial charge is 0.462 e. The molecule has 0 amide bonds. The van der Waals surface area contributed by atoms with E-state index in [1.54, 1.807) is 38.1 Å². The number of halogens is 1. The molecule has 224 valence electrons. The Morgan fingerprint density at radius 2 is 2.02 bits per heavy atom. The Morgan fingerprint density at radius 3 is 2.69 bits per heavy atom. The zero-order valence-corrected chi connectivity index (χ0v) is 23.6. The standard InChI is InChI=1S/C25H29FN7O8P/c1-14(2)39-23(35)15(3)30-42(37,41-18-9-8-16-6-4-5-7-17(16)12-18)38-13-25(31-32-28)21(34)20(26)22(40-25)33-11-10-19(27)29-24(33)36/h4-12,14-15,20-22,34H,13H2,1-3H3,(H,30,37)(H2,27,29,36)/t15-,20+,21-,22+,25+,42?/m0/s1. The molecule has 6 atom stereocenters. The number of alkyl halides is 1. The average Bonchev–Trinajstić information content (AvgIpc) is 3.17. The number of benzene rings is 2. The van der Waals surface area contributed by atoms with Crippen molar-refractivity contribution in [2.75, 3.05) is 12.3 Å². The van der Waals surface area contributed by atoms with E-state index in [0.717, 1.165) is 17.0 Å². The van der Waals surface area contributed by atoms with E-state index in [1.165, 1.54) is 19.1 Å². The van der Waals surface area contributed by atoms with Gasteiger partial charge in [0.25, 0.3) is 0 Å². The second-order valence-electron chi connectivity index (χ2n) is 9.68. The highest BCUT2D eigenvalue weighted by Gasteiger charge is 2.57. The molecule has 1 aliphatic rings. The lowest BCUT2D eigenvalue weighted by Gasteiger charge is -2.29. The quantitative estimate of drug-likeness (QED) is 0.0947. The minimum atomic E-state index is -4.59. The van der Waals surface area contributed by atoms with Gasteiger partial charge < -0.3 is 24.8 Å². The smallest absolute Gasteiger partial charge is 0.459 e. The molecule has 2 aromatic carbocycles. The Balaban J connectivity index is 1.65. The van der Waals surface area contributed by atoms with Crippen LogP contribution in [0, 0.1) is 0 Å². The molecule has 2 heterocycles. The minimum absolute atomic E-state index is 0.0698. The van der Waals surface area contributed by atoms with Crippen molar-refractivity contribution in [1.82, 2.24) is 14.6 Å². The van der Waals surface area contributed by atoms with Crippen LogP contribution < -0.4 is 21.0 Å². The van der Waals surface area contributed by atoms with E-state index in [2.05, 4.69) is 20.1 Å². The predicted molar refractivity (Wildman–Crippen MR) is 148 cm³/mol. The van der Waals surface area contributed by atoms with Gasteiger partial charge in [-0.15, -0.1) is 0 Å². The highest BCUT2D eigenvalue weighted by molar-refractivity contribution is 7.52. The zero-order valence-electron chi connectivity index (χ0n) is 22.7. The maximum Gasteiger partial charge on any atom is 0.459 e. The van der Waals surface area contributed by atoms with Crippen LogP contribution in [0.15, 0.2) is 64.6 Å². The van der Waals surface area contributed by atoms with E-state index in [4.69, 9.17) is 24.3 Å². The van der Waals surface area contributed by atoms with Crippen molar-refractivity contribution in [3.8, 4) is 5.75 Å². The summed E-state index contributed by atoms with van der Waals surface area (Å²) < 4.78 is 52.0. The molecule has 4 rings (SSSR count). The van der Waals surface area contributed by atoms with Crippen LogP contribution in [0.1, 0.15) is 27.0 Å². The molecule has 1 aliphatic heterocycles. The molecule has 1 aromatic heterocycles. The molecule has 0 bridgehead atoms. The van der Waals surface area contributed by atoms with Crippen LogP contribution in [-0.4, -0.2) is 57.4 Å². The maximum absolute atomic E-state index is 15.3. The highest BCUT2D eigenvalue weighted by atomic mass is 31.2. The number of ether oxygens (including phenoxy) is 2. The summed E-state index contributed by atoms with van der Waals surface area (Å²) in [4.78, 5) is 30.9. The molecule has 42 heavy (non-hydrogen) atoms. The van der Waals surface area contributed by atoms with Crippen molar-refractivity contribution in [2.24, 2.45) is 5.11 Å². The monoisotopic (exact) mass is 605 g/mol. The van der Waals surface area contributed by atoms with E-state index in [-0.39, 0.29) is 11.6 Å². The molecule has 3 aromatic rings. The van der Waals surface area contributed by atoms with E-state index in [0.29, 0.717) is 4.57 Å². The first-order valence-corrected chi connectivity index (χ1v) is 14.2. The fourth-order valence-electron chi connectivity index (χ4n) is 4.14. The normalized spacial score (nSPS) is 24.1. The van der Waals surface area contributed by atoms with E-state index < -0.39 is 62.4 Å². The van der Waals surface area contributed by atoms with Crippen molar-refractivity contribution >= 4 is 30.3 Å². The maximum atomic E-state index is 15.3. The molecular formula is C25H29FN7O8P. The topological polar surface area (TPSA) is 213 Å². The number of aliphatic hydroxyl groups is 1. The molecule has 1 saturated heterocycles. The van der Waals surface area contributed by atoms with Gasteiger partial charge >= 0.3 is 19.4 Å². The number of nitrogens with one attached hydrogen (secondary N) is 1. The molecule has 1 fully saturated rings. The number of carbonyl (C=O) groups is 1. The van der Waals surface area contributed by atoms with Gasteiger partial charge in [-0.05, 0) is 55.3 Å². The second kappa shape index (κ2) is 12.4. The summed E-state index contributed by atoms with van der Waals surface area (Å²) in [6.45, 7) is 3.57. The number of hydrogen-bond donors (Lipinski definition) is 3. The first-order chi connectivity index (χ1) is 19.9. The van der Waals surface area contributed by atoms with E-state index in [9.17, 15) is 24.8 Å². The SMILES string of the molecule is CC(C)OC(=O)[C@H](C)NP(=O)(OC[C@@]1(N=[N+]=[N-])O[C@@H](n2ccc(N)nc2=O)[C@H](F)[C@@H]1O)Oc1ccc2ccccc2c1. The van der Waals surface area contributed by atoms with Gasteiger partial charge in [0, 0.05) is 11.1 Å². The Kier molecular flexibility index (Phi) is 9.16. The summed E-state index contributed by atoms with van der Waals surface area (Å²) in [7, 11) is -4.59. The molecule has 1 unspecified atom stereocenters. The van der Waals surface area contributed by atoms with Crippen molar-refractivity contribution in [2.45, 2.75) is 57.1 Å². The number of nitrogens with zero attached hydrogens (tertiary/aromatic N) is 5. The number of carbonyl (C=O) groups excluding carboxylic acids is 1. The molecule has 15 nitrogen and oxygen atoms in total. The van der Waals surface area contributed by atoms with Crippen molar-refractivity contribution in [3.05, 3.63) is 75.7 Å². The van der Waals surface area contributed by atoms with Crippen LogP contribution >= 0.6 is 7.75 Å². The fraction of sp³-hybridized carbons (Fsp3) is 0.400. The lowest BCUT2D eigenvalue weighted by Crippen LogP contribution is -2.45. The van der Waals surface area contributed by atoms with Crippen molar-refractivity contribution in [3.63, 3.8) is 0 Å². The highest BCUT2D eigenvalue weighted by Crippen LogP contribution is 2.49. The van der Waals surface area contributed by atoms with Crippen LogP contribution in [0.3, 0.4) is 0 Å². The molecular weight excluding hydrogens is 576 g/mol. The summed E-state index contributed by atoms with van der Waals surface area (Å²) in [5.41, 5.74) is 11.2. The van der Waals surface area contributed by atoms with Gasteiger partial charge in [0.05, 0.1) is 12.7 Å². The summed E-state index contributed by atoms with van der Waals surface area (Å²) in [5, 5.41) is 18.2. The van der Waals surface area contributed by atoms with Gasteiger partial charge in [0.2, 0.25) is 5.72 Å². The number of rotatable bonds is 11. The van der Waals surface area contributed by atoms with Gasteiger partial charge in [0.1, 0.15) is 23.7 Å². The number of fused-ring (bicyclic) bond motifs is 1. The van der Waals surface area contributed by atoms with Gasteiger partial charge in [-0.2, -0.15) is 10.1 Å². The molecule has 0 radical (unpaired) electrons. The Morgan fingerprint density at radius 1 is 1.31 bits per heavy atom. The number of nitrogens with two attached hydrogens (primary N) is 1. The molecule has 4 N–H and O–H groups in total. The number of nitrogen functional groups attached to an aromatic ring is 1. The van der Waals surface area contributed by atoms with E-state index >= 15 is 4.39 Å². The lowest BCUT2D eigenvalue weighted by molar-refractivity contribution is -0.149. The third-order valence-corrected chi connectivity index (χ3v) is 7.77.